The van der Waals surface area contributed by atoms with Gasteiger partial charge in [0.15, 0.2) is 0 Å². The molecule has 0 saturated carbocycles. The van der Waals surface area contributed by atoms with Crippen LogP contribution in [0.25, 0.3) is 11.0 Å². The van der Waals surface area contributed by atoms with Crippen LogP contribution in [-0.4, -0.2) is 73.5 Å². The van der Waals surface area contributed by atoms with Gasteiger partial charge in [0.05, 0.1) is 68.0 Å². The van der Waals surface area contributed by atoms with Crippen molar-refractivity contribution in [2.45, 2.75) is 65.7 Å². The van der Waals surface area contributed by atoms with Crippen molar-refractivity contribution < 1.29 is 48.1 Å². The smallest absolute Gasteiger partial charge is 0.488 e. The zero-order valence-corrected chi connectivity index (χ0v) is 44.4. The lowest BCUT2D eigenvalue weighted by molar-refractivity contribution is -0.136. The maximum absolute atomic E-state index is 13.3. The standard InChI is InChI=1S/C25H30N2O3.C18H15NO3.C11H10O3.C7H6BNO2/c1-16-9-22(28)25(23(10-16)30-4)21(20-7-5-6-19(11-20)13-26)12-24(29)27-14-17(2)8-18(3)15-27;1-11-6-15(21-2)18-14(9-17(20)22-16(18)7-11)13-5-3-4-12(8-13)10-19;1-7-5-9(13-2)8-3-4-11(12)14-10(8)6-7;9-5-6-2-1-3-7(4-6)8(10)11/h5-7,9-11,17-18,21,28H,8,12,14-15H2,1-4H3;3-8,14H,9H2,1-2H3;3-6H,1-2H3;1-4,10-11H. The van der Waals surface area contributed by atoms with E-state index in [1.165, 1.54) is 12.1 Å². The monoisotopic (exact) mass is 1040 g/mol. The molecule has 9 rings (SSSR count). The highest BCUT2D eigenvalue weighted by atomic mass is 16.5. The normalized spacial score (nSPS) is 15.5. The van der Waals surface area contributed by atoms with Crippen LogP contribution in [0.1, 0.15) is 101 Å². The number of nitrogens with zero attached hydrogens (tertiary/aromatic N) is 4. The molecule has 7 aromatic rings. The van der Waals surface area contributed by atoms with Crippen molar-refractivity contribution in [2.75, 3.05) is 34.4 Å². The van der Waals surface area contributed by atoms with Crippen LogP contribution in [-0.2, 0) is 9.59 Å². The third kappa shape index (κ3) is 14.9. The SMILES string of the molecule is COc1cc(C)cc(O)c1C(CC(=O)N1CC(C)CC(C)C1)c1cccc(C#N)c1.COc1cc(C)cc2c1C(c1cccc(C#N)c1)CC(=O)O2.COc1cc(C)cc2oc(=O)ccc12.N#Cc1cccc(B(O)O)c1. The Labute approximate surface area is 448 Å². The molecule has 0 aliphatic carbocycles. The van der Waals surface area contributed by atoms with Crippen LogP contribution in [0.3, 0.4) is 0 Å². The van der Waals surface area contributed by atoms with Gasteiger partial charge in [-0.15, -0.1) is 0 Å². The van der Waals surface area contributed by atoms with Crippen LogP contribution in [0.4, 0.5) is 0 Å². The van der Waals surface area contributed by atoms with E-state index >= 15 is 0 Å². The Kier molecular flexibility index (Phi) is 19.8. The number of fused-ring (bicyclic) bond motifs is 2. The summed E-state index contributed by atoms with van der Waals surface area (Å²) in [6, 6.07) is 41.1. The van der Waals surface area contributed by atoms with Gasteiger partial charge in [0.1, 0.15) is 34.3 Å². The second-order valence-corrected chi connectivity index (χ2v) is 19.2. The second kappa shape index (κ2) is 26.6. The quantitative estimate of drug-likeness (QED) is 0.0529. The molecule has 6 aromatic carbocycles. The van der Waals surface area contributed by atoms with Crippen molar-refractivity contribution in [3.05, 3.63) is 187 Å². The Morgan fingerprint density at radius 3 is 1.92 bits per heavy atom. The number of piperidine rings is 1. The van der Waals surface area contributed by atoms with Crippen LogP contribution in [0, 0.1) is 66.6 Å². The first-order chi connectivity index (χ1) is 36.9. The van der Waals surface area contributed by atoms with E-state index in [4.69, 9.17) is 43.9 Å². The molecule has 2 aliphatic heterocycles. The van der Waals surface area contributed by atoms with Crippen LogP contribution < -0.4 is 30.0 Å². The van der Waals surface area contributed by atoms with E-state index in [0.29, 0.717) is 62.4 Å². The van der Waals surface area contributed by atoms with E-state index in [-0.39, 0.29) is 42.0 Å². The molecule has 0 radical (unpaired) electrons. The highest BCUT2D eigenvalue weighted by molar-refractivity contribution is 6.58. The number of rotatable bonds is 9. The van der Waals surface area contributed by atoms with Gasteiger partial charge in [-0.25, -0.2) is 4.79 Å². The molecule has 0 bridgehead atoms. The highest BCUT2D eigenvalue weighted by Gasteiger charge is 2.33. The summed E-state index contributed by atoms with van der Waals surface area (Å²) in [6.45, 7) is 11.6. The Morgan fingerprint density at radius 1 is 0.714 bits per heavy atom. The fourth-order valence-corrected chi connectivity index (χ4v) is 9.73. The summed E-state index contributed by atoms with van der Waals surface area (Å²) in [5, 5.41) is 55.9. The van der Waals surface area contributed by atoms with Crippen molar-refractivity contribution in [3.8, 4) is 47.0 Å². The van der Waals surface area contributed by atoms with Gasteiger partial charge >= 0.3 is 18.7 Å². The Morgan fingerprint density at radius 2 is 1.29 bits per heavy atom. The van der Waals surface area contributed by atoms with Gasteiger partial charge in [-0.1, -0.05) is 50.2 Å². The Bertz CT molecular complexity index is 3440. The molecule has 1 saturated heterocycles. The molecule has 3 N–H and O–H groups in total. The molecule has 16 heteroatoms. The average Bonchev–Trinajstić information content (AvgIpc) is 3.41. The number of aryl methyl sites for hydroxylation is 3. The minimum atomic E-state index is -1.50. The Hall–Kier alpha value is -8.88. The molecule has 1 fully saturated rings. The number of phenolic OH excluding ortho intramolecular Hbond substituents is 1. The molecule has 15 nitrogen and oxygen atoms in total. The lowest BCUT2D eigenvalue weighted by Crippen LogP contribution is -2.43. The topological polar surface area (TPSA) is 237 Å². The summed E-state index contributed by atoms with van der Waals surface area (Å²) >= 11 is 0. The summed E-state index contributed by atoms with van der Waals surface area (Å²) in [5.41, 5.74) is 8.12. The molecule has 77 heavy (non-hydrogen) atoms. The predicted molar refractivity (Wildman–Crippen MR) is 292 cm³/mol. The maximum Gasteiger partial charge on any atom is 0.488 e. The molecule has 1 aromatic heterocycles. The number of aromatic hydroxyl groups is 1. The van der Waals surface area contributed by atoms with Crippen LogP contribution in [0.15, 0.2) is 131 Å². The van der Waals surface area contributed by atoms with E-state index < -0.39 is 13.0 Å². The molecule has 4 atom stereocenters. The van der Waals surface area contributed by atoms with E-state index in [1.54, 1.807) is 69.9 Å². The first-order valence-electron chi connectivity index (χ1n) is 24.9. The highest BCUT2D eigenvalue weighted by Crippen LogP contribution is 2.45. The average molecular weight is 1040 g/mol. The first-order valence-corrected chi connectivity index (χ1v) is 24.9. The number of amides is 1. The number of ether oxygens (including phenoxy) is 4. The summed E-state index contributed by atoms with van der Waals surface area (Å²) in [7, 11) is 3.27. The molecule has 1 amide bonds. The number of phenols is 1. The number of methoxy groups -OCH3 is 3. The van der Waals surface area contributed by atoms with E-state index in [2.05, 4.69) is 26.0 Å². The van der Waals surface area contributed by atoms with Gasteiger partial charge in [0.2, 0.25) is 5.91 Å². The molecule has 2 aliphatic rings. The second-order valence-electron chi connectivity index (χ2n) is 19.2. The fourth-order valence-electron chi connectivity index (χ4n) is 9.73. The maximum atomic E-state index is 13.3. The zero-order chi connectivity index (χ0) is 55.9. The number of hydrogen-bond acceptors (Lipinski definition) is 14. The molecule has 0 spiro atoms. The largest absolute Gasteiger partial charge is 0.507 e. The molecule has 4 unspecified atom stereocenters. The Balaban J connectivity index is 0.000000178. The van der Waals surface area contributed by atoms with Gasteiger partial charge in [0, 0.05) is 48.5 Å². The third-order valence-electron chi connectivity index (χ3n) is 13.1. The molecule has 394 valence electrons. The number of benzene rings is 6. The van der Waals surface area contributed by atoms with Crippen LogP contribution in [0.5, 0.6) is 28.7 Å². The summed E-state index contributed by atoms with van der Waals surface area (Å²) in [4.78, 5) is 38.2. The predicted octanol–water partition coefficient (Wildman–Crippen LogP) is 9.27. The molecule has 3 heterocycles. The third-order valence-corrected chi connectivity index (χ3v) is 13.1. The van der Waals surface area contributed by atoms with Crippen LogP contribution >= 0.6 is 0 Å². The van der Waals surface area contributed by atoms with E-state index in [0.717, 1.165) is 64.0 Å². The number of nitriles is 3. The number of likely N-dealkylation sites (tertiary alicyclic amines) is 1. The van der Waals surface area contributed by atoms with E-state index in [9.17, 15) is 24.8 Å². The summed E-state index contributed by atoms with van der Waals surface area (Å²) in [6.07, 6.45) is 1.58. The molecular weight excluding hydrogens is 975 g/mol. The number of carbonyl (C=O) groups is 2. The van der Waals surface area contributed by atoms with Crippen LogP contribution in [0.2, 0.25) is 0 Å². The van der Waals surface area contributed by atoms with Gasteiger partial charge < -0.3 is 43.4 Å². The van der Waals surface area contributed by atoms with Gasteiger partial charge in [-0.05, 0) is 151 Å². The van der Waals surface area contributed by atoms with Gasteiger partial charge in [-0.2, -0.15) is 15.8 Å². The fraction of sp³-hybridized carbons (Fsp3) is 0.279. The molecular formula is C61H61BN4O11. The summed E-state index contributed by atoms with van der Waals surface area (Å²) in [5.74, 6) is 2.78. The van der Waals surface area contributed by atoms with Crippen molar-refractivity contribution in [2.24, 2.45) is 11.8 Å². The lowest BCUT2D eigenvalue weighted by atomic mass is 9.80. The van der Waals surface area contributed by atoms with Crippen molar-refractivity contribution >= 4 is 35.4 Å². The number of hydrogen-bond donors (Lipinski definition) is 3. The number of carbonyl (C=O) groups excluding carboxylic acids is 2. The zero-order valence-electron chi connectivity index (χ0n) is 44.4. The first kappa shape index (κ1) is 57.4. The van der Waals surface area contributed by atoms with Crippen molar-refractivity contribution in [1.82, 2.24) is 4.90 Å². The van der Waals surface area contributed by atoms with E-state index in [1.807, 2.05) is 92.4 Å². The van der Waals surface area contributed by atoms with Crippen molar-refractivity contribution in [1.29, 1.82) is 15.8 Å². The van der Waals surface area contributed by atoms with Crippen molar-refractivity contribution in [3.63, 3.8) is 0 Å². The summed E-state index contributed by atoms with van der Waals surface area (Å²) < 4.78 is 26.7. The minimum absolute atomic E-state index is 0.0581. The lowest BCUT2D eigenvalue weighted by Gasteiger charge is -2.36. The van der Waals surface area contributed by atoms with Gasteiger partial charge in [0.25, 0.3) is 0 Å². The number of esters is 1. The minimum Gasteiger partial charge on any atom is -0.507 e. The van der Waals surface area contributed by atoms with Gasteiger partial charge in [-0.3, -0.25) is 9.59 Å².